The maximum Gasteiger partial charge on any atom is 0.282 e. The van der Waals surface area contributed by atoms with Crippen molar-refractivity contribution in [3.05, 3.63) is 38.9 Å². The highest BCUT2D eigenvalue weighted by atomic mass is 35.5. The number of nitrogens with zero attached hydrogens (tertiary/aromatic N) is 2. The van der Waals surface area contributed by atoms with E-state index in [1.165, 1.54) is 18.2 Å². The lowest BCUT2D eigenvalue weighted by Crippen LogP contribution is -2.39. The second kappa shape index (κ2) is 6.87. The number of nitro benzene ring substituents is 1. The fourth-order valence-corrected chi connectivity index (χ4v) is 2.72. The lowest BCUT2D eigenvalue weighted by atomic mass is 9.97. The predicted octanol–water partition coefficient (Wildman–Crippen LogP) is 2.75. The van der Waals surface area contributed by atoms with Crippen LogP contribution in [0.1, 0.15) is 23.2 Å². The molecule has 1 aromatic carbocycles. The highest BCUT2D eigenvalue weighted by Crippen LogP contribution is 2.26. The van der Waals surface area contributed by atoms with Crippen molar-refractivity contribution in [1.82, 2.24) is 4.90 Å². The van der Waals surface area contributed by atoms with Gasteiger partial charge in [-0.3, -0.25) is 14.9 Å². The van der Waals surface area contributed by atoms with E-state index in [0.717, 1.165) is 12.8 Å². The Kier molecular flexibility index (Phi) is 5.14. The second-order valence-electron chi connectivity index (χ2n) is 5.11. The molecule has 0 aliphatic carbocycles. The van der Waals surface area contributed by atoms with Gasteiger partial charge < -0.3 is 9.64 Å². The number of carbonyl (C=O) groups is 1. The summed E-state index contributed by atoms with van der Waals surface area (Å²) in [6, 6.07) is 4.05. The zero-order valence-corrected chi connectivity index (χ0v) is 12.5. The minimum atomic E-state index is -0.554. The van der Waals surface area contributed by atoms with E-state index in [2.05, 4.69) is 0 Å². The van der Waals surface area contributed by atoms with Gasteiger partial charge in [0.25, 0.3) is 11.6 Å². The van der Waals surface area contributed by atoms with Gasteiger partial charge in [-0.1, -0.05) is 11.6 Å². The molecular formula is C14H17ClN2O4. The summed E-state index contributed by atoms with van der Waals surface area (Å²) in [5.41, 5.74) is -0.152. The monoisotopic (exact) mass is 312 g/mol. The predicted molar refractivity (Wildman–Crippen MR) is 78.6 cm³/mol. The number of benzene rings is 1. The Bertz CT molecular complexity index is 542. The summed E-state index contributed by atoms with van der Waals surface area (Å²) in [4.78, 5) is 24.6. The van der Waals surface area contributed by atoms with E-state index in [-0.39, 0.29) is 17.2 Å². The van der Waals surface area contributed by atoms with E-state index in [1.807, 2.05) is 0 Å². The van der Waals surface area contributed by atoms with E-state index in [0.29, 0.717) is 30.6 Å². The van der Waals surface area contributed by atoms with Gasteiger partial charge in [0.1, 0.15) is 5.56 Å². The van der Waals surface area contributed by atoms with E-state index < -0.39 is 4.92 Å². The molecule has 0 N–H and O–H groups in total. The number of piperidine rings is 1. The molecule has 1 aliphatic rings. The van der Waals surface area contributed by atoms with Crippen LogP contribution in [0.15, 0.2) is 18.2 Å². The third-order valence-corrected chi connectivity index (χ3v) is 3.92. The molecule has 1 aliphatic heterocycles. The highest BCUT2D eigenvalue weighted by molar-refractivity contribution is 6.31. The molecule has 114 valence electrons. The molecule has 1 amide bonds. The molecule has 1 heterocycles. The average molecular weight is 313 g/mol. The number of likely N-dealkylation sites (tertiary alicyclic amines) is 1. The molecule has 0 unspecified atom stereocenters. The van der Waals surface area contributed by atoms with Crippen molar-refractivity contribution in [2.24, 2.45) is 5.92 Å². The van der Waals surface area contributed by atoms with Crippen molar-refractivity contribution in [2.45, 2.75) is 12.8 Å². The SMILES string of the molecule is COCC1CCN(C(=O)c2cc(Cl)ccc2[N+](=O)[O-])CC1. The number of amides is 1. The summed E-state index contributed by atoms with van der Waals surface area (Å²) in [5.74, 6) is 0.105. The van der Waals surface area contributed by atoms with Crippen molar-refractivity contribution in [3.8, 4) is 0 Å². The van der Waals surface area contributed by atoms with Gasteiger partial charge in [-0.15, -0.1) is 0 Å². The molecule has 0 radical (unpaired) electrons. The second-order valence-corrected chi connectivity index (χ2v) is 5.55. The molecule has 7 heteroatoms. The third kappa shape index (κ3) is 3.71. The molecule has 21 heavy (non-hydrogen) atoms. The quantitative estimate of drug-likeness (QED) is 0.633. The van der Waals surface area contributed by atoms with Crippen molar-refractivity contribution in [3.63, 3.8) is 0 Å². The Morgan fingerprint density at radius 2 is 2.14 bits per heavy atom. The van der Waals surface area contributed by atoms with Crippen molar-refractivity contribution in [2.75, 3.05) is 26.8 Å². The number of rotatable bonds is 4. The van der Waals surface area contributed by atoms with Crippen LogP contribution in [-0.2, 0) is 4.74 Å². The molecule has 0 aromatic heterocycles. The number of hydrogen-bond donors (Lipinski definition) is 0. The van der Waals surface area contributed by atoms with Gasteiger partial charge in [-0.2, -0.15) is 0 Å². The maximum absolute atomic E-state index is 12.5. The van der Waals surface area contributed by atoms with Crippen molar-refractivity contribution in [1.29, 1.82) is 0 Å². The maximum atomic E-state index is 12.5. The first-order chi connectivity index (χ1) is 10.0. The van der Waals surface area contributed by atoms with Crippen LogP contribution < -0.4 is 0 Å². The molecule has 1 saturated heterocycles. The summed E-state index contributed by atoms with van der Waals surface area (Å²) in [7, 11) is 1.66. The van der Waals surface area contributed by atoms with Crippen molar-refractivity contribution >= 4 is 23.2 Å². The minimum Gasteiger partial charge on any atom is -0.384 e. The van der Waals surface area contributed by atoms with Gasteiger partial charge in [0.05, 0.1) is 4.92 Å². The van der Waals surface area contributed by atoms with Crippen LogP contribution in [0.4, 0.5) is 5.69 Å². The smallest absolute Gasteiger partial charge is 0.282 e. The van der Waals surface area contributed by atoms with Crippen LogP contribution in [-0.4, -0.2) is 42.5 Å². The molecule has 2 rings (SSSR count). The molecule has 0 saturated carbocycles. The van der Waals surface area contributed by atoms with E-state index >= 15 is 0 Å². The summed E-state index contributed by atoms with van der Waals surface area (Å²) in [5, 5.41) is 11.4. The Morgan fingerprint density at radius 1 is 1.48 bits per heavy atom. The molecule has 0 spiro atoms. The van der Waals surface area contributed by atoms with Crippen LogP contribution in [0, 0.1) is 16.0 Å². The van der Waals surface area contributed by atoms with Crippen molar-refractivity contribution < 1.29 is 14.5 Å². The summed E-state index contributed by atoms with van der Waals surface area (Å²) in [6.07, 6.45) is 1.68. The lowest BCUT2D eigenvalue weighted by molar-refractivity contribution is -0.385. The molecule has 1 fully saturated rings. The van der Waals surface area contributed by atoms with Gasteiger partial charge in [0, 0.05) is 37.9 Å². The number of methoxy groups -OCH3 is 1. The van der Waals surface area contributed by atoms with E-state index in [1.54, 1.807) is 12.0 Å². The number of carbonyl (C=O) groups excluding carboxylic acids is 1. The fraction of sp³-hybridized carbons (Fsp3) is 0.500. The Labute approximate surface area is 127 Å². The van der Waals surface area contributed by atoms with Gasteiger partial charge >= 0.3 is 0 Å². The van der Waals surface area contributed by atoms with Crippen LogP contribution in [0.25, 0.3) is 0 Å². The molecule has 1 aromatic rings. The van der Waals surface area contributed by atoms with E-state index in [4.69, 9.17) is 16.3 Å². The highest BCUT2D eigenvalue weighted by Gasteiger charge is 2.28. The Morgan fingerprint density at radius 3 is 2.71 bits per heavy atom. The Balaban J connectivity index is 2.14. The standard InChI is InChI=1S/C14H17ClN2O4/c1-21-9-10-4-6-16(7-5-10)14(18)12-8-11(15)2-3-13(12)17(19)20/h2-3,8,10H,4-7,9H2,1H3. The summed E-state index contributed by atoms with van der Waals surface area (Å²) < 4.78 is 5.12. The minimum absolute atomic E-state index is 0.0534. The number of ether oxygens (including phenoxy) is 1. The summed E-state index contributed by atoms with van der Waals surface area (Å²) in [6.45, 7) is 1.84. The fourth-order valence-electron chi connectivity index (χ4n) is 2.55. The zero-order valence-electron chi connectivity index (χ0n) is 11.8. The average Bonchev–Trinajstić information content (AvgIpc) is 2.47. The third-order valence-electron chi connectivity index (χ3n) is 3.69. The largest absolute Gasteiger partial charge is 0.384 e. The number of nitro groups is 1. The van der Waals surface area contributed by atoms with Gasteiger partial charge in [0.2, 0.25) is 0 Å². The Hall–Kier alpha value is -1.66. The van der Waals surface area contributed by atoms with Gasteiger partial charge in [-0.05, 0) is 30.9 Å². The normalized spacial score (nSPS) is 16.0. The first kappa shape index (κ1) is 15.7. The van der Waals surface area contributed by atoms with Crippen LogP contribution in [0.5, 0.6) is 0 Å². The first-order valence-electron chi connectivity index (χ1n) is 6.75. The number of halogens is 1. The van der Waals surface area contributed by atoms with Gasteiger partial charge in [0.15, 0.2) is 0 Å². The lowest BCUT2D eigenvalue weighted by Gasteiger charge is -2.31. The van der Waals surface area contributed by atoms with Crippen LogP contribution >= 0.6 is 11.6 Å². The zero-order chi connectivity index (χ0) is 15.4. The van der Waals surface area contributed by atoms with Crippen LogP contribution in [0.2, 0.25) is 5.02 Å². The first-order valence-corrected chi connectivity index (χ1v) is 7.13. The molecule has 0 bridgehead atoms. The topological polar surface area (TPSA) is 72.7 Å². The molecule has 6 nitrogen and oxygen atoms in total. The van der Waals surface area contributed by atoms with Crippen LogP contribution in [0.3, 0.4) is 0 Å². The van der Waals surface area contributed by atoms with Gasteiger partial charge in [-0.25, -0.2) is 0 Å². The van der Waals surface area contributed by atoms with E-state index in [9.17, 15) is 14.9 Å². The molecule has 0 atom stereocenters. The summed E-state index contributed by atoms with van der Waals surface area (Å²) >= 11 is 5.86. The number of hydrogen-bond acceptors (Lipinski definition) is 4. The molecular weight excluding hydrogens is 296 g/mol.